The minimum atomic E-state index is -0.278. The number of hydrogen-bond donors (Lipinski definition) is 0. The zero-order valence-electron chi connectivity index (χ0n) is 8.87. The first kappa shape index (κ1) is 10.8. The van der Waals surface area contributed by atoms with Crippen LogP contribution in [0.25, 0.3) is 0 Å². The molecule has 0 saturated heterocycles. The highest BCUT2D eigenvalue weighted by Crippen LogP contribution is 2.40. The molecule has 0 aromatic carbocycles. The summed E-state index contributed by atoms with van der Waals surface area (Å²) >= 11 is 5.88. The molecule has 2 rings (SSSR count). The van der Waals surface area contributed by atoms with E-state index in [-0.39, 0.29) is 5.60 Å². The van der Waals surface area contributed by atoms with Crippen LogP contribution in [0.3, 0.4) is 0 Å². The van der Waals surface area contributed by atoms with E-state index in [1.54, 1.807) is 12.3 Å². The molecule has 0 spiro atoms. The third-order valence-electron chi connectivity index (χ3n) is 2.86. The lowest BCUT2D eigenvalue weighted by atomic mass is 10.0. The lowest BCUT2D eigenvalue weighted by Crippen LogP contribution is -2.28. The number of rotatable bonds is 3. The van der Waals surface area contributed by atoms with Crippen LogP contribution in [0.5, 0.6) is 0 Å². The van der Waals surface area contributed by atoms with E-state index in [9.17, 15) is 0 Å². The highest BCUT2D eigenvalue weighted by molar-refractivity contribution is 6.29. The highest BCUT2D eigenvalue weighted by Gasteiger charge is 2.39. The molecular weight excluding hydrogens is 212 g/mol. The SMILES string of the molecule is CCOC1(c2nccc(Cl)n2)CCCC1. The first-order valence-corrected chi connectivity index (χ1v) is 5.77. The maximum Gasteiger partial charge on any atom is 0.161 e. The number of aromatic nitrogens is 2. The highest BCUT2D eigenvalue weighted by atomic mass is 35.5. The molecule has 0 bridgehead atoms. The quantitative estimate of drug-likeness (QED) is 0.744. The van der Waals surface area contributed by atoms with Gasteiger partial charge in [0, 0.05) is 12.8 Å². The van der Waals surface area contributed by atoms with Gasteiger partial charge in [0.2, 0.25) is 0 Å². The first-order chi connectivity index (χ1) is 7.27. The van der Waals surface area contributed by atoms with E-state index in [2.05, 4.69) is 9.97 Å². The normalized spacial score (nSPS) is 19.3. The third-order valence-corrected chi connectivity index (χ3v) is 3.07. The number of nitrogens with zero attached hydrogens (tertiary/aromatic N) is 2. The fraction of sp³-hybridized carbons (Fsp3) is 0.636. The van der Waals surface area contributed by atoms with Gasteiger partial charge in [0.25, 0.3) is 0 Å². The Bertz CT molecular complexity index is 337. The van der Waals surface area contributed by atoms with E-state index in [1.165, 1.54) is 12.8 Å². The van der Waals surface area contributed by atoms with E-state index >= 15 is 0 Å². The van der Waals surface area contributed by atoms with Gasteiger partial charge in [-0.05, 0) is 38.7 Å². The fourth-order valence-corrected chi connectivity index (χ4v) is 2.35. The van der Waals surface area contributed by atoms with Gasteiger partial charge in [0.05, 0.1) is 0 Å². The summed E-state index contributed by atoms with van der Waals surface area (Å²) in [5, 5.41) is 0.492. The fourth-order valence-electron chi connectivity index (χ4n) is 2.21. The van der Waals surface area contributed by atoms with Crippen molar-refractivity contribution in [2.45, 2.75) is 38.2 Å². The van der Waals surface area contributed by atoms with Gasteiger partial charge in [-0.25, -0.2) is 9.97 Å². The summed E-state index contributed by atoms with van der Waals surface area (Å²) in [5.74, 6) is 0.745. The summed E-state index contributed by atoms with van der Waals surface area (Å²) in [6.45, 7) is 2.69. The molecule has 0 atom stereocenters. The van der Waals surface area contributed by atoms with E-state index < -0.39 is 0 Å². The van der Waals surface area contributed by atoms with Crippen molar-refractivity contribution >= 4 is 11.6 Å². The summed E-state index contributed by atoms with van der Waals surface area (Å²) in [7, 11) is 0. The minimum absolute atomic E-state index is 0.278. The maximum atomic E-state index is 5.88. The Morgan fingerprint density at radius 1 is 1.47 bits per heavy atom. The molecule has 0 radical (unpaired) electrons. The summed E-state index contributed by atoms with van der Waals surface area (Å²) in [6.07, 6.45) is 6.05. The molecule has 0 aliphatic heterocycles. The van der Waals surface area contributed by atoms with Crippen molar-refractivity contribution in [2.75, 3.05) is 6.61 Å². The Labute approximate surface area is 94.8 Å². The summed E-state index contributed by atoms with van der Waals surface area (Å²) in [4.78, 5) is 8.57. The number of halogens is 1. The minimum Gasteiger partial charge on any atom is -0.367 e. The molecule has 0 amide bonds. The Hall–Kier alpha value is -0.670. The smallest absolute Gasteiger partial charge is 0.161 e. The second kappa shape index (κ2) is 4.45. The molecule has 1 fully saturated rings. The van der Waals surface area contributed by atoms with E-state index in [0.717, 1.165) is 18.7 Å². The Kier molecular flexibility index (Phi) is 3.22. The van der Waals surface area contributed by atoms with Crippen LogP contribution in [0.2, 0.25) is 5.15 Å². The van der Waals surface area contributed by atoms with Crippen LogP contribution in [-0.4, -0.2) is 16.6 Å². The molecule has 0 unspecified atom stereocenters. The van der Waals surface area contributed by atoms with Crippen molar-refractivity contribution in [2.24, 2.45) is 0 Å². The molecule has 82 valence electrons. The van der Waals surface area contributed by atoms with Gasteiger partial charge in [0.15, 0.2) is 5.82 Å². The van der Waals surface area contributed by atoms with Gasteiger partial charge in [-0.3, -0.25) is 0 Å². The average molecular weight is 227 g/mol. The molecule has 1 aromatic heterocycles. The van der Waals surface area contributed by atoms with Crippen molar-refractivity contribution in [3.63, 3.8) is 0 Å². The largest absolute Gasteiger partial charge is 0.367 e. The molecule has 1 aliphatic carbocycles. The van der Waals surface area contributed by atoms with Crippen LogP contribution in [0, 0.1) is 0 Å². The lowest BCUT2D eigenvalue weighted by Gasteiger charge is -2.26. The topological polar surface area (TPSA) is 35.0 Å². The van der Waals surface area contributed by atoms with E-state index in [4.69, 9.17) is 16.3 Å². The van der Waals surface area contributed by atoms with Crippen molar-refractivity contribution in [3.05, 3.63) is 23.2 Å². The number of hydrogen-bond acceptors (Lipinski definition) is 3. The molecule has 15 heavy (non-hydrogen) atoms. The third kappa shape index (κ3) is 2.13. The van der Waals surface area contributed by atoms with Gasteiger partial charge in [-0.2, -0.15) is 0 Å². The van der Waals surface area contributed by atoms with Gasteiger partial charge in [-0.15, -0.1) is 0 Å². The van der Waals surface area contributed by atoms with Gasteiger partial charge in [0.1, 0.15) is 10.8 Å². The lowest BCUT2D eigenvalue weighted by molar-refractivity contribution is -0.0457. The van der Waals surface area contributed by atoms with E-state index in [1.807, 2.05) is 6.92 Å². The molecule has 0 N–H and O–H groups in total. The van der Waals surface area contributed by atoms with Crippen LogP contribution >= 0.6 is 11.6 Å². The average Bonchev–Trinajstić information content (AvgIpc) is 2.68. The van der Waals surface area contributed by atoms with Crippen molar-refractivity contribution in [1.82, 2.24) is 9.97 Å². The van der Waals surface area contributed by atoms with Gasteiger partial charge < -0.3 is 4.74 Å². The van der Waals surface area contributed by atoms with Crippen LogP contribution < -0.4 is 0 Å². The van der Waals surface area contributed by atoms with Crippen LogP contribution in [-0.2, 0) is 10.3 Å². The van der Waals surface area contributed by atoms with Crippen molar-refractivity contribution < 1.29 is 4.74 Å². The molecule has 4 heteroatoms. The second-order valence-electron chi connectivity index (χ2n) is 3.84. The molecule has 1 aromatic rings. The summed E-state index contributed by atoms with van der Waals surface area (Å²) in [5.41, 5.74) is -0.278. The molecule has 3 nitrogen and oxygen atoms in total. The molecular formula is C11H15ClN2O. The number of ether oxygens (including phenoxy) is 1. The van der Waals surface area contributed by atoms with Gasteiger partial charge in [-0.1, -0.05) is 11.6 Å². The first-order valence-electron chi connectivity index (χ1n) is 5.40. The Morgan fingerprint density at radius 2 is 2.20 bits per heavy atom. The zero-order chi connectivity index (χ0) is 10.7. The predicted octanol–water partition coefficient (Wildman–Crippen LogP) is 2.94. The van der Waals surface area contributed by atoms with Crippen LogP contribution in [0.4, 0.5) is 0 Å². The molecule has 1 heterocycles. The Balaban J connectivity index is 2.31. The molecule has 1 aliphatic rings. The Morgan fingerprint density at radius 3 is 2.80 bits per heavy atom. The second-order valence-corrected chi connectivity index (χ2v) is 4.22. The maximum absolute atomic E-state index is 5.88. The van der Waals surface area contributed by atoms with Crippen molar-refractivity contribution in [3.8, 4) is 0 Å². The summed E-state index contributed by atoms with van der Waals surface area (Å²) < 4.78 is 5.85. The molecule has 1 saturated carbocycles. The van der Waals surface area contributed by atoms with Gasteiger partial charge >= 0.3 is 0 Å². The van der Waals surface area contributed by atoms with Crippen LogP contribution in [0.15, 0.2) is 12.3 Å². The monoisotopic (exact) mass is 226 g/mol. The predicted molar refractivity (Wildman–Crippen MR) is 58.8 cm³/mol. The van der Waals surface area contributed by atoms with Crippen molar-refractivity contribution in [1.29, 1.82) is 0 Å². The van der Waals surface area contributed by atoms with Crippen LogP contribution in [0.1, 0.15) is 38.4 Å². The zero-order valence-corrected chi connectivity index (χ0v) is 9.63. The standard InChI is InChI=1S/C11H15ClN2O/c1-2-15-11(6-3-4-7-11)10-13-8-5-9(12)14-10/h5,8H,2-4,6-7H2,1H3. The summed E-state index contributed by atoms with van der Waals surface area (Å²) in [6, 6.07) is 1.69. The van der Waals surface area contributed by atoms with E-state index in [0.29, 0.717) is 11.8 Å².